The lowest BCUT2D eigenvalue weighted by Gasteiger charge is -2.36. The van der Waals surface area contributed by atoms with Crippen molar-refractivity contribution in [1.29, 1.82) is 0 Å². The molecular weight excluding hydrogens is 439 g/mol. The van der Waals surface area contributed by atoms with Crippen LogP contribution in [0.3, 0.4) is 0 Å². The number of hydrogen-bond donors (Lipinski definition) is 3. The van der Waals surface area contributed by atoms with Crippen molar-refractivity contribution in [3.8, 4) is 0 Å². The summed E-state index contributed by atoms with van der Waals surface area (Å²) in [5.41, 5.74) is 0.221. The molecule has 1 saturated carbocycles. The van der Waals surface area contributed by atoms with E-state index in [1.54, 1.807) is 0 Å². The smallest absolute Gasteiger partial charge is 0.191 e. The molecule has 0 amide bonds. The minimum absolute atomic E-state index is 0. The first-order chi connectivity index (χ1) is 12.2. The molecule has 1 atom stereocenters. The Kier molecular flexibility index (Phi) is 12.1. The molecule has 2 aliphatic rings. The molecule has 6 heteroatoms. The van der Waals surface area contributed by atoms with Crippen molar-refractivity contribution in [2.75, 3.05) is 45.9 Å². The monoisotopic (exact) mass is 480 g/mol. The molecule has 1 saturated heterocycles. The fourth-order valence-corrected chi connectivity index (χ4v) is 4.46. The Morgan fingerprint density at radius 3 is 2.58 bits per heavy atom. The second kappa shape index (κ2) is 13.2. The lowest BCUT2D eigenvalue weighted by Crippen LogP contribution is -2.45. The zero-order valence-corrected chi connectivity index (χ0v) is 19.3. The van der Waals surface area contributed by atoms with Crippen molar-refractivity contribution in [2.24, 2.45) is 16.3 Å². The number of hydrogen-bond acceptors (Lipinski definition) is 3. The lowest BCUT2D eigenvalue weighted by molar-refractivity contribution is 0.137. The molecule has 0 aromatic carbocycles. The van der Waals surface area contributed by atoms with Crippen molar-refractivity contribution < 1.29 is 5.11 Å². The van der Waals surface area contributed by atoms with Crippen LogP contribution in [0.2, 0.25) is 0 Å². The number of aliphatic imine (C=N–C) groups is 1. The SMILES string of the molecule is CCNC(=NCC1(CCO)CCCCC1)NCC1CCCN(CC)C1.I. The number of nitrogens with zero attached hydrogens (tertiary/aromatic N) is 2. The van der Waals surface area contributed by atoms with E-state index in [9.17, 15) is 5.11 Å². The van der Waals surface area contributed by atoms with Gasteiger partial charge in [0.15, 0.2) is 5.96 Å². The van der Waals surface area contributed by atoms with E-state index in [1.807, 2.05) is 0 Å². The highest BCUT2D eigenvalue weighted by Gasteiger charge is 2.31. The third-order valence-corrected chi connectivity index (χ3v) is 6.08. The van der Waals surface area contributed by atoms with Gasteiger partial charge in [-0.05, 0) is 63.5 Å². The van der Waals surface area contributed by atoms with Crippen LogP contribution < -0.4 is 10.6 Å². The minimum Gasteiger partial charge on any atom is -0.396 e. The predicted octanol–water partition coefficient (Wildman–Crippen LogP) is 3.22. The Hall–Kier alpha value is -0.0800. The molecular formula is C20H41IN4O. The summed E-state index contributed by atoms with van der Waals surface area (Å²) in [6, 6.07) is 0. The maximum absolute atomic E-state index is 9.49. The molecule has 5 nitrogen and oxygen atoms in total. The van der Waals surface area contributed by atoms with E-state index in [0.717, 1.165) is 44.5 Å². The number of rotatable bonds is 8. The lowest BCUT2D eigenvalue weighted by atomic mass is 9.72. The Labute approximate surface area is 177 Å². The molecule has 1 aliphatic heterocycles. The molecule has 3 N–H and O–H groups in total. The summed E-state index contributed by atoms with van der Waals surface area (Å²) in [5.74, 6) is 1.68. The Balaban J connectivity index is 0.00000338. The molecule has 26 heavy (non-hydrogen) atoms. The average molecular weight is 480 g/mol. The number of guanidine groups is 1. The van der Waals surface area contributed by atoms with Gasteiger partial charge in [-0.2, -0.15) is 0 Å². The van der Waals surface area contributed by atoms with E-state index < -0.39 is 0 Å². The van der Waals surface area contributed by atoms with Crippen molar-refractivity contribution in [3.05, 3.63) is 0 Å². The first kappa shape index (κ1) is 24.0. The molecule has 154 valence electrons. The van der Waals surface area contributed by atoms with Gasteiger partial charge < -0.3 is 20.6 Å². The zero-order valence-electron chi connectivity index (χ0n) is 16.9. The second-order valence-electron chi connectivity index (χ2n) is 8.01. The van der Waals surface area contributed by atoms with Gasteiger partial charge in [0.05, 0.1) is 0 Å². The van der Waals surface area contributed by atoms with Gasteiger partial charge in [-0.3, -0.25) is 4.99 Å². The predicted molar refractivity (Wildman–Crippen MR) is 121 cm³/mol. The van der Waals surface area contributed by atoms with Crippen LogP contribution in [0.5, 0.6) is 0 Å². The van der Waals surface area contributed by atoms with Crippen LogP contribution in [0.1, 0.15) is 65.2 Å². The number of halogens is 1. The normalized spacial score (nSPS) is 24.0. The average Bonchev–Trinajstić information content (AvgIpc) is 2.65. The summed E-state index contributed by atoms with van der Waals surface area (Å²) in [6.07, 6.45) is 9.86. The minimum atomic E-state index is 0. The molecule has 0 spiro atoms. The van der Waals surface area contributed by atoms with E-state index in [1.165, 1.54) is 58.0 Å². The van der Waals surface area contributed by atoms with Crippen molar-refractivity contribution in [3.63, 3.8) is 0 Å². The molecule has 2 rings (SSSR count). The highest BCUT2D eigenvalue weighted by atomic mass is 127. The van der Waals surface area contributed by atoms with Crippen molar-refractivity contribution in [1.82, 2.24) is 15.5 Å². The third kappa shape index (κ3) is 7.89. The Morgan fingerprint density at radius 2 is 1.92 bits per heavy atom. The van der Waals surface area contributed by atoms with Gasteiger partial charge in [-0.25, -0.2) is 0 Å². The largest absolute Gasteiger partial charge is 0.396 e. The standard InChI is InChI=1S/C20H40N4O.HI/c1-3-21-19(22-15-18-9-8-13-24(4-2)16-18)23-17-20(12-14-25)10-6-5-7-11-20;/h18,25H,3-17H2,1-2H3,(H2,21,22,23);1H. The molecule has 1 heterocycles. The maximum Gasteiger partial charge on any atom is 0.191 e. The van der Waals surface area contributed by atoms with Gasteiger partial charge >= 0.3 is 0 Å². The van der Waals surface area contributed by atoms with Gasteiger partial charge in [-0.15, -0.1) is 24.0 Å². The molecule has 1 aliphatic carbocycles. The van der Waals surface area contributed by atoms with E-state index >= 15 is 0 Å². The fraction of sp³-hybridized carbons (Fsp3) is 0.950. The van der Waals surface area contributed by atoms with Crippen LogP contribution >= 0.6 is 24.0 Å². The number of likely N-dealkylation sites (tertiary alicyclic amines) is 1. The van der Waals surface area contributed by atoms with Crippen LogP contribution in [-0.4, -0.2) is 61.8 Å². The summed E-state index contributed by atoms with van der Waals surface area (Å²) in [5, 5.41) is 16.5. The number of aliphatic hydroxyl groups excluding tert-OH is 1. The summed E-state index contributed by atoms with van der Waals surface area (Å²) < 4.78 is 0. The van der Waals surface area contributed by atoms with Gasteiger partial charge in [0, 0.05) is 32.8 Å². The molecule has 0 radical (unpaired) electrons. The maximum atomic E-state index is 9.49. The van der Waals surface area contributed by atoms with E-state index in [-0.39, 0.29) is 36.0 Å². The number of piperidine rings is 1. The fourth-order valence-electron chi connectivity index (χ4n) is 4.46. The molecule has 2 fully saturated rings. The van der Waals surface area contributed by atoms with Gasteiger partial charge in [0.2, 0.25) is 0 Å². The van der Waals surface area contributed by atoms with Crippen LogP contribution in [0.4, 0.5) is 0 Å². The van der Waals surface area contributed by atoms with Gasteiger partial charge in [0.25, 0.3) is 0 Å². The Bertz CT molecular complexity index is 394. The van der Waals surface area contributed by atoms with Crippen LogP contribution in [-0.2, 0) is 0 Å². The Morgan fingerprint density at radius 1 is 1.15 bits per heavy atom. The molecule has 0 aromatic rings. The summed E-state index contributed by atoms with van der Waals surface area (Å²) in [4.78, 5) is 7.47. The number of nitrogens with one attached hydrogen (secondary N) is 2. The van der Waals surface area contributed by atoms with Gasteiger partial charge in [0.1, 0.15) is 0 Å². The van der Waals surface area contributed by atoms with Crippen LogP contribution in [0.25, 0.3) is 0 Å². The van der Waals surface area contributed by atoms with Gasteiger partial charge in [-0.1, -0.05) is 26.2 Å². The van der Waals surface area contributed by atoms with Crippen molar-refractivity contribution >= 4 is 29.9 Å². The van der Waals surface area contributed by atoms with Crippen LogP contribution in [0, 0.1) is 11.3 Å². The first-order valence-electron chi connectivity index (χ1n) is 10.6. The molecule has 1 unspecified atom stereocenters. The van der Waals surface area contributed by atoms with E-state index in [2.05, 4.69) is 29.4 Å². The third-order valence-electron chi connectivity index (χ3n) is 6.08. The first-order valence-corrected chi connectivity index (χ1v) is 10.6. The molecule has 0 aromatic heterocycles. The summed E-state index contributed by atoms with van der Waals surface area (Å²) >= 11 is 0. The summed E-state index contributed by atoms with van der Waals surface area (Å²) in [7, 11) is 0. The highest BCUT2D eigenvalue weighted by Crippen LogP contribution is 2.39. The number of aliphatic hydroxyl groups is 1. The second-order valence-corrected chi connectivity index (χ2v) is 8.01. The molecule has 0 bridgehead atoms. The quantitative estimate of drug-likeness (QED) is 0.284. The van der Waals surface area contributed by atoms with E-state index in [0.29, 0.717) is 0 Å². The highest BCUT2D eigenvalue weighted by molar-refractivity contribution is 14.0. The van der Waals surface area contributed by atoms with Crippen molar-refractivity contribution in [2.45, 2.75) is 65.2 Å². The summed E-state index contributed by atoms with van der Waals surface area (Å²) in [6.45, 7) is 11.0. The zero-order chi connectivity index (χ0) is 18.0. The van der Waals surface area contributed by atoms with Crippen LogP contribution in [0.15, 0.2) is 4.99 Å². The topological polar surface area (TPSA) is 59.9 Å². The van der Waals surface area contributed by atoms with E-state index in [4.69, 9.17) is 4.99 Å².